The summed E-state index contributed by atoms with van der Waals surface area (Å²) >= 11 is 6.43. The molecule has 0 aromatic rings. The van der Waals surface area contributed by atoms with E-state index in [4.69, 9.17) is 11.6 Å². The number of alkyl halides is 4. The summed E-state index contributed by atoms with van der Waals surface area (Å²) in [7, 11) is 8.79. The van der Waals surface area contributed by atoms with Gasteiger partial charge in [0.15, 0.2) is 0 Å². The zero-order valence-electron chi connectivity index (χ0n) is 63.2. The van der Waals surface area contributed by atoms with Gasteiger partial charge in [-0.3, -0.25) is 57.5 Å². The molecular formula is C75H120ClF3N12O12. The standard InChI is InChI=1S/C75H120ClF3N12O12/c1-12-47(4)62-71(101)86(9)58(43-50-27-18-14-19-28-50)70(100)91-40-34-56(91)68(98)85(8)57(42-49-25-16-13-17-26-49)67(97)83(6)45-60(92)80-54(33-31-51-30-32-52(53(76)41-51)75(77,78)79)66(96)90-39-24-29-55(90)65(95)82-74(35-20-21-36-74)73(103)88(11)63(46(2)3)72(102)87(10)59(69(99)89-37-22-15-23-38-89)44-61(93)84(7)48(5)64(94)81-62/h46-59,62-63H,12-45H2,1-11H3,(H,80,92)(H,81,94)(H,82,95)/t47-,48-,51?,52?,53?,54-,55-,56-,57-,58-,59-,62-,63-/m0/s1. The number of halogens is 4. The molecule has 3 unspecified atom stereocenters. The average molecular weight is 1470 g/mol. The SMILES string of the molecule is CC[C@H](C)[C@@H]1NC(=O)[C@H](C)N(C)C(=O)C[C@@H](C(=O)N2CCCCC2)N(C)C(=O)[C@H](C(C)C)N(C)C(=O)C2(CCCC2)NC(=O)[C@@H]2CCCN2C(=O)[C@H](CCC2CCC(C(F)(F)F)C(Cl)C2)NC(=O)CN(C)C(=O)[C@H](CC2CCCCC2)N(C)C(=O)[C@@H]2CCN2C(=O)[C@H](CC2CCCCC2)N(C)C1=O. The molecule has 4 aliphatic carbocycles. The van der Waals surface area contributed by atoms with Crippen LogP contribution in [0, 0.1) is 35.5 Å². The molecule has 24 nitrogen and oxygen atoms in total. The van der Waals surface area contributed by atoms with Gasteiger partial charge in [-0.15, -0.1) is 11.6 Å². The molecule has 12 amide bonds. The van der Waals surface area contributed by atoms with Crippen LogP contribution in [0.5, 0.6) is 0 Å². The maximum absolute atomic E-state index is 15.4. The van der Waals surface area contributed by atoms with E-state index in [9.17, 15) is 32.3 Å². The van der Waals surface area contributed by atoms with E-state index in [-0.39, 0.29) is 101 Å². The topological polar surface area (TPSA) is 270 Å². The summed E-state index contributed by atoms with van der Waals surface area (Å²) in [5.74, 6) is -10.3. The second-order valence-corrected chi connectivity index (χ2v) is 32.7. The monoisotopic (exact) mass is 1470 g/mol. The number of piperidine rings is 1. The number of nitrogens with one attached hydrogen (secondary N) is 3. The maximum Gasteiger partial charge on any atom is 0.393 e. The van der Waals surface area contributed by atoms with Gasteiger partial charge in [0.2, 0.25) is 70.9 Å². The number of carbonyl (C=O) groups excluding carboxylic acids is 12. The van der Waals surface area contributed by atoms with Gasteiger partial charge >= 0.3 is 6.18 Å². The fraction of sp³-hybridized carbons (Fsp3) is 0.840. The largest absolute Gasteiger partial charge is 0.393 e. The zero-order valence-corrected chi connectivity index (χ0v) is 64.0. The van der Waals surface area contributed by atoms with Crippen molar-refractivity contribution in [2.75, 3.05) is 75.0 Å². The minimum absolute atomic E-state index is 0.00344. The van der Waals surface area contributed by atoms with Crippen molar-refractivity contribution < 1.29 is 70.7 Å². The van der Waals surface area contributed by atoms with Crippen molar-refractivity contribution in [1.29, 1.82) is 0 Å². The summed E-state index contributed by atoms with van der Waals surface area (Å²) in [5, 5.41) is 7.64. The van der Waals surface area contributed by atoms with Crippen LogP contribution in [0.2, 0.25) is 0 Å². The first-order chi connectivity index (χ1) is 48.7. The lowest BCUT2D eigenvalue weighted by molar-refractivity contribution is -0.182. The van der Waals surface area contributed by atoms with E-state index in [0.29, 0.717) is 51.6 Å². The quantitative estimate of drug-likeness (QED) is 0.176. The second kappa shape index (κ2) is 36.3. The van der Waals surface area contributed by atoms with Crippen molar-refractivity contribution in [1.82, 2.24) is 60.0 Å². The van der Waals surface area contributed by atoms with Gasteiger partial charge in [0.1, 0.15) is 59.9 Å². The minimum Gasteiger partial charge on any atom is -0.343 e. The minimum atomic E-state index is -4.51. The van der Waals surface area contributed by atoms with Crippen LogP contribution >= 0.6 is 11.6 Å². The Balaban J connectivity index is 1.16. The van der Waals surface area contributed by atoms with Crippen molar-refractivity contribution in [3.8, 4) is 0 Å². The zero-order chi connectivity index (χ0) is 75.5. The van der Waals surface area contributed by atoms with E-state index in [1.54, 1.807) is 25.8 Å². The summed E-state index contributed by atoms with van der Waals surface area (Å²) in [4.78, 5) is 194. The molecule has 28 heteroatoms. The Labute approximate surface area is 613 Å². The molecule has 4 heterocycles. The summed E-state index contributed by atoms with van der Waals surface area (Å²) in [5.41, 5.74) is -1.56. The fourth-order valence-corrected chi connectivity index (χ4v) is 18.3. The number of nitrogens with zero attached hydrogens (tertiary/aromatic N) is 9. The third-order valence-electron chi connectivity index (χ3n) is 24.9. The normalized spacial score (nSPS) is 31.5. The molecule has 1 spiro atoms. The Morgan fingerprint density at radius 2 is 1.14 bits per heavy atom. The van der Waals surface area contributed by atoms with E-state index in [1.165, 1.54) is 81.4 Å². The summed E-state index contributed by atoms with van der Waals surface area (Å²) in [6.07, 6.45) is 9.37. The lowest BCUT2D eigenvalue weighted by atomic mass is 9.78. The molecule has 0 radical (unpaired) electrons. The van der Waals surface area contributed by atoms with Gasteiger partial charge in [-0.25, -0.2) is 0 Å². The van der Waals surface area contributed by atoms with E-state index >= 15 is 38.4 Å². The Morgan fingerprint density at radius 3 is 1.69 bits per heavy atom. The highest BCUT2D eigenvalue weighted by atomic mass is 35.5. The Bertz CT molecular complexity index is 3030. The van der Waals surface area contributed by atoms with Crippen molar-refractivity contribution in [3.63, 3.8) is 0 Å². The molecule has 4 saturated carbocycles. The Hall–Kier alpha value is -6.28. The number of carbonyl (C=O) groups is 12. The van der Waals surface area contributed by atoms with Crippen molar-refractivity contribution >= 4 is 82.5 Å². The number of fused-ring (bicyclic) bond motifs is 2. The molecule has 8 rings (SSSR count). The van der Waals surface area contributed by atoms with Gasteiger partial charge in [0, 0.05) is 73.8 Å². The van der Waals surface area contributed by atoms with Crippen molar-refractivity contribution in [2.45, 2.75) is 292 Å². The van der Waals surface area contributed by atoms with Crippen LogP contribution in [0.3, 0.4) is 0 Å². The van der Waals surface area contributed by atoms with E-state index < -0.39 is 173 Å². The predicted octanol–water partition coefficient (Wildman–Crippen LogP) is 7.02. The highest BCUT2D eigenvalue weighted by Crippen LogP contribution is 2.44. The van der Waals surface area contributed by atoms with Crippen molar-refractivity contribution in [2.24, 2.45) is 35.5 Å². The highest BCUT2D eigenvalue weighted by Gasteiger charge is 2.53. The third-order valence-corrected chi connectivity index (χ3v) is 25.3. The van der Waals surface area contributed by atoms with E-state index in [1.807, 2.05) is 13.8 Å². The summed E-state index contributed by atoms with van der Waals surface area (Å²) in [6.45, 7) is 9.09. The molecule has 580 valence electrons. The van der Waals surface area contributed by atoms with Gasteiger partial charge in [0.25, 0.3) is 0 Å². The molecule has 0 bridgehead atoms. The first kappa shape index (κ1) is 82.4. The van der Waals surface area contributed by atoms with Crippen molar-refractivity contribution in [3.05, 3.63) is 0 Å². The first-order valence-corrected chi connectivity index (χ1v) is 39.2. The van der Waals surface area contributed by atoms with Crippen LogP contribution in [0.1, 0.15) is 221 Å². The van der Waals surface area contributed by atoms with E-state index in [2.05, 4.69) is 16.0 Å². The number of hydrogen-bond acceptors (Lipinski definition) is 12. The van der Waals surface area contributed by atoms with Crippen LogP contribution < -0.4 is 16.0 Å². The fourth-order valence-electron chi connectivity index (χ4n) is 17.8. The first-order valence-electron chi connectivity index (χ1n) is 38.8. The van der Waals surface area contributed by atoms with Crippen LogP contribution in [0.4, 0.5) is 13.2 Å². The van der Waals surface area contributed by atoms with Gasteiger partial charge in [0.05, 0.1) is 18.9 Å². The highest BCUT2D eigenvalue weighted by molar-refractivity contribution is 6.21. The van der Waals surface area contributed by atoms with Crippen LogP contribution in [0.15, 0.2) is 0 Å². The molecule has 8 aliphatic rings. The lowest BCUT2D eigenvalue weighted by Crippen LogP contribution is -2.65. The average Bonchev–Trinajstić information content (AvgIpc) is 1.68. The van der Waals surface area contributed by atoms with Crippen LogP contribution in [0.25, 0.3) is 0 Å². The number of amides is 12. The summed E-state index contributed by atoms with van der Waals surface area (Å²) < 4.78 is 42.2. The maximum atomic E-state index is 15.4. The second-order valence-electron chi connectivity index (χ2n) is 32.2. The molecular weight excluding hydrogens is 1350 g/mol. The number of rotatable bonds is 11. The smallest absolute Gasteiger partial charge is 0.343 e. The Kier molecular flexibility index (Phi) is 29.1. The summed E-state index contributed by atoms with van der Waals surface area (Å²) in [6, 6.07) is -10.7. The number of likely N-dealkylation sites (N-methyl/N-ethyl adjacent to an activating group) is 6. The number of hydrogen-bond donors (Lipinski definition) is 3. The molecule has 13 atom stereocenters. The molecule has 0 aromatic heterocycles. The lowest BCUT2D eigenvalue weighted by Gasteiger charge is -2.46. The third kappa shape index (κ3) is 19.7. The molecule has 103 heavy (non-hydrogen) atoms. The molecule has 0 aromatic carbocycles. The van der Waals surface area contributed by atoms with Crippen LogP contribution in [-0.2, 0) is 57.5 Å². The predicted molar refractivity (Wildman–Crippen MR) is 382 cm³/mol. The number of likely N-dealkylation sites (tertiary alicyclic amines) is 1. The van der Waals surface area contributed by atoms with Gasteiger partial charge in [-0.1, -0.05) is 111 Å². The molecule has 4 aliphatic heterocycles. The molecule has 4 saturated heterocycles. The van der Waals surface area contributed by atoms with E-state index in [0.717, 1.165) is 70.6 Å². The van der Waals surface area contributed by atoms with Gasteiger partial charge < -0.3 is 60.0 Å². The molecule has 8 fully saturated rings. The van der Waals surface area contributed by atoms with Gasteiger partial charge in [-0.05, 0) is 133 Å². The Morgan fingerprint density at radius 1 is 0.563 bits per heavy atom. The van der Waals surface area contributed by atoms with Crippen LogP contribution in [-0.4, -0.2) is 261 Å². The van der Waals surface area contributed by atoms with Gasteiger partial charge in [-0.2, -0.15) is 13.2 Å². The molecule has 3 N–H and O–H groups in total.